The molecule has 1 atom stereocenters. The number of nitrogens with one attached hydrogen (secondary N) is 1. The second kappa shape index (κ2) is 12.1. The van der Waals surface area contributed by atoms with E-state index in [4.69, 9.17) is 22.3 Å². The van der Waals surface area contributed by atoms with Crippen LogP contribution in [0.2, 0.25) is 5.28 Å². The average molecular weight is 596 g/mol. The van der Waals surface area contributed by atoms with E-state index >= 15 is 0 Å². The molecule has 4 aromatic heterocycles. The van der Waals surface area contributed by atoms with E-state index in [2.05, 4.69) is 32.2 Å². The van der Waals surface area contributed by atoms with Crippen LogP contribution in [0.1, 0.15) is 70.9 Å². The van der Waals surface area contributed by atoms with Gasteiger partial charge in [-0.2, -0.15) is 0 Å². The Morgan fingerprint density at radius 1 is 1.02 bits per heavy atom. The number of nitrogens with zero attached hydrogens (tertiary/aromatic N) is 7. The molecule has 6 rings (SSSR count). The van der Waals surface area contributed by atoms with Gasteiger partial charge in [-0.1, -0.05) is 25.5 Å². The molecule has 11 nitrogen and oxygen atoms in total. The first-order valence-electron chi connectivity index (χ1n) is 14.2. The van der Waals surface area contributed by atoms with E-state index in [9.17, 15) is 9.59 Å². The number of fused-ring (bicyclic) bond motifs is 1. The van der Waals surface area contributed by atoms with Crippen molar-refractivity contribution in [1.29, 1.82) is 0 Å². The molecule has 1 aliphatic heterocycles. The molecule has 5 heterocycles. The zero-order valence-corrected chi connectivity index (χ0v) is 24.3. The number of piperidine rings is 1. The van der Waals surface area contributed by atoms with E-state index < -0.39 is 0 Å². The molecule has 1 aromatic carbocycles. The van der Waals surface area contributed by atoms with Crippen molar-refractivity contribution < 1.29 is 9.59 Å². The molecule has 1 fully saturated rings. The van der Waals surface area contributed by atoms with Crippen molar-refractivity contribution in [2.45, 2.75) is 45.1 Å². The predicted octanol–water partition coefficient (Wildman–Crippen LogP) is 5.39. The van der Waals surface area contributed by atoms with Crippen LogP contribution in [-0.4, -0.2) is 52.6 Å². The molecular weight excluding hydrogens is 566 g/mol. The van der Waals surface area contributed by atoms with Gasteiger partial charge >= 0.3 is 0 Å². The van der Waals surface area contributed by atoms with Crippen molar-refractivity contribution in [3.63, 3.8) is 0 Å². The van der Waals surface area contributed by atoms with Gasteiger partial charge in [0.05, 0.1) is 6.04 Å². The number of amides is 2. The number of carbonyl (C=O) groups excluding carboxylic acids is 2. The summed E-state index contributed by atoms with van der Waals surface area (Å²) in [7, 11) is 0. The number of hydrogen-bond acceptors (Lipinski definition) is 8. The number of carbonyl (C=O) groups is 2. The van der Waals surface area contributed by atoms with Crippen LogP contribution < -0.4 is 11.1 Å². The number of pyridine rings is 1. The Bertz CT molecular complexity index is 1810. The molecule has 5 aromatic rings. The number of aryl methyl sites for hydroxylation is 1. The van der Waals surface area contributed by atoms with Crippen LogP contribution >= 0.6 is 11.6 Å². The molecule has 43 heavy (non-hydrogen) atoms. The Balaban J connectivity index is 1.32. The Labute approximate surface area is 253 Å². The van der Waals surface area contributed by atoms with Crippen LogP contribution in [0.5, 0.6) is 0 Å². The largest absolute Gasteiger partial charge is 0.382 e. The molecule has 2 amide bonds. The third-order valence-electron chi connectivity index (χ3n) is 7.54. The first kappa shape index (κ1) is 28.2. The summed E-state index contributed by atoms with van der Waals surface area (Å²) in [5.74, 6) is 1.00. The van der Waals surface area contributed by atoms with Gasteiger partial charge in [0.1, 0.15) is 34.4 Å². The number of anilines is 2. The lowest BCUT2D eigenvalue weighted by Gasteiger charge is -2.34. The van der Waals surface area contributed by atoms with E-state index in [0.29, 0.717) is 40.8 Å². The third-order valence-corrected chi connectivity index (χ3v) is 7.72. The zero-order valence-electron chi connectivity index (χ0n) is 23.6. The molecule has 0 bridgehead atoms. The first-order valence-corrected chi connectivity index (χ1v) is 14.6. The van der Waals surface area contributed by atoms with E-state index in [-0.39, 0.29) is 28.8 Å². The first-order chi connectivity index (χ1) is 20.9. The van der Waals surface area contributed by atoms with Crippen LogP contribution in [0.4, 0.5) is 11.6 Å². The highest BCUT2D eigenvalue weighted by molar-refractivity contribution is 6.28. The highest BCUT2D eigenvalue weighted by Crippen LogP contribution is 2.36. The van der Waals surface area contributed by atoms with Crippen molar-refractivity contribution in [3.8, 4) is 11.3 Å². The number of nitrogen functional groups attached to an aromatic ring is 1. The van der Waals surface area contributed by atoms with Crippen LogP contribution in [0, 0.1) is 0 Å². The van der Waals surface area contributed by atoms with Crippen molar-refractivity contribution in [2.24, 2.45) is 0 Å². The van der Waals surface area contributed by atoms with Gasteiger partial charge in [-0.15, -0.1) is 0 Å². The SMILES string of the molecule is CCCc1ccnc(NC(=O)c2ccc(-c3nc(C4CCCCN4C(=O)c4ccnc(Cl)n4)n4ccnc(N)c34)cc2)c1. The van der Waals surface area contributed by atoms with Crippen LogP contribution in [0.3, 0.4) is 0 Å². The molecule has 0 radical (unpaired) electrons. The molecule has 1 unspecified atom stereocenters. The van der Waals surface area contributed by atoms with Gasteiger partial charge in [0, 0.05) is 42.5 Å². The zero-order chi connectivity index (χ0) is 29.9. The second-order valence-electron chi connectivity index (χ2n) is 10.4. The van der Waals surface area contributed by atoms with E-state index in [0.717, 1.165) is 43.2 Å². The highest BCUT2D eigenvalue weighted by atomic mass is 35.5. The lowest BCUT2D eigenvalue weighted by atomic mass is 10.0. The highest BCUT2D eigenvalue weighted by Gasteiger charge is 2.33. The second-order valence-corrected chi connectivity index (χ2v) is 10.7. The van der Waals surface area contributed by atoms with Crippen molar-refractivity contribution in [1.82, 2.24) is 34.2 Å². The molecule has 0 aliphatic carbocycles. The number of hydrogen-bond donors (Lipinski definition) is 2. The molecule has 218 valence electrons. The number of nitrogens with two attached hydrogens (primary N) is 1. The molecule has 12 heteroatoms. The Kier molecular flexibility index (Phi) is 7.97. The molecule has 1 aliphatic rings. The summed E-state index contributed by atoms with van der Waals surface area (Å²) in [6.45, 7) is 2.66. The quantitative estimate of drug-likeness (QED) is 0.238. The summed E-state index contributed by atoms with van der Waals surface area (Å²) in [4.78, 5) is 50.0. The summed E-state index contributed by atoms with van der Waals surface area (Å²) in [6, 6.07) is 12.2. The molecule has 1 saturated heterocycles. The standard InChI is InChI=1S/C31H30ClN9O2/c1-2-5-19-11-13-34-24(18-19)38-29(42)21-9-7-20(8-10-21)25-26-27(33)35-15-17-41(26)28(39-25)23-6-3-4-16-40(23)30(43)22-12-14-36-31(32)37-22/h7-15,17-18,23H,2-6,16H2,1H3,(H2,33,35)(H,34,38,42). The summed E-state index contributed by atoms with van der Waals surface area (Å²) >= 11 is 5.98. The van der Waals surface area contributed by atoms with Gasteiger partial charge in [0.2, 0.25) is 5.28 Å². The fraction of sp³-hybridized carbons (Fsp3) is 0.258. The maximum atomic E-state index is 13.6. The molecule has 0 saturated carbocycles. The number of aromatic nitrogens is 6. The van der Waals surface area contributed by atoms with Crippen LogP contribution in [0.25, 0.3) is 16.8 Å². The molecule has 0 spiro atoms. The minimum atomic E-state index is -0.320. The minimum absolute atomic E-state index is 0.0187. The lowest BCUT2D eigenvalue weighted by molar-refractivity contribution is 0.0593. The maximum absolute atomic E-state index is 13.6. The van der Waals surface area contributed by atoms with Gasteiger partial charge in [0.25, 0.3) is 11.8 Å². The maximum Gasteiger partial charge on any atom is 0.273 e. The summed E-state index contributed by atoms with van der Waals surface area (Å²) in [6.07, 6.45) is 11.0. The third kappa shape index (κ3) is 5.76. The van der Waals surface area contributed by atoms with Crippen molar-refractivity contribution >= 4 is 40.6 Å². The van der Waals surface area contributed by atoms with E-state index in [1.54, 1.807) is 41.7 Å². The summed E-state index contributed by atoms with van der Waals surface area (Å²) in [5, 5.41) is 2.90. The molecular formula is C31H30ClN9O2. The van der Waals surface area contributed by atoms with Crippen LogP contribution in [0.15, 0.2) is 67.3 Å². The summed E-state index contributed by atoms with van der Waals surface area (Å²) < 4.78 is 1.90. The lowest BCUT2D eigenvalue weighted by Crippen LogP contribution is -2.39. The van der Waals surface area contributed by atoms with Crippen molar-refractivity contribution in [3.05, 3.63) is 95.2 Å². The number of imidazole rings is 1. The fourth-order valence-corrected chi connectivity index (χ4v) is 5.67. The number of halogens is 1. The normalized spacial score (nSPS) is 15.0. The van der Waals surface area contributed by atoms with E-state index in [1.165, 1.54) is 6.20 Å². The van der Waals surface area contributed by atoms with Gasteiger partial charge in [-0.05, 0) is 73.2 Å². The monoisotopic (exact) mass is 595 g/mol. The Hall–Kier alpha value is -4.90. The van der Waals surface area contributed by atoms with Crippen molar-refractivity contribution in [2.75, 3.05) is 17.6 Å². The topological polar surface area (TPSA) is 144 Å². The minimum Gasteiger partial charge on any atom is -0.382 e. The fourth-order valence-electron chi connectivity index (χ4n) is 5.52. The molecule has 3 N–H and O–H groups in total. The van der Waals surface area contributed by atoms with Gasteiger partial charge in [-0.25, -0.2) is 24.9 Å². The predicted molar refractivity (Wildman–Crippen MR) is 164 cm³/mol. The van der Waals surface area contributed by atoms with E-state index in [1.807, 2.05) is 28.7 Å². The number of likely N-dealkylation sites (tertiary alicyclic amines) is 1. The number of benzene rings is 1. The smallest absolute Gasteiger partial charge is 0.273 e. The average Bonchev–Trinajstić information content (AvgIpc) is 3.42. The van der Waals surface area contributed by atoms with Crippen LogP contribution in [-0.2, 0) is 6.42 Å². The Morgan fingerprint density at radius 3 is 2.63 bits per heavy atom. The van der Waals surface area contributed by atoms with Gasteiger partial charge in [-0.3, -0.25) is 14.0 Å². The Morgan fingerprint density at radius 2 is 1.84 bits per heavy atom. The summed E-state index contributed by atoms with van der Waals surface area (Å²) in [5.41, 5.74) is 10.2. The van der Waals surface area contributed by atoms with Gasteiger partial charge in [0.15, 0.2) is 0 Å². The number of rotatable bonds is 7. The van der Waals surface area contributed by atoms with Gasteiger partial charge < -0.3 is 16.0 Å².